The van der Waals surface area contributed by atoms with Crippen molar-refractivity contribution in [2.24, 2.45) is 10.3 Å². The number of para-hydroxylation sites is 1. The van der Waals surface area contributed by atoms with Crippen molar-refractivity contribution in [3.63, 3.8) is 0 Å². The molecule has 0 aromatic heterocycles. The van der Waals surface area contributed by atoms with E-state index in [1.807, 2.05) is 0 Å². The Labute approximate surface area is 152 Å². The molecule has 0 atom stereocenters. The standard InChI is InChI=1S/C17H20N4O4S/c1-2-16(22)21-9-7-12(8-10-21)17(23)18-11-15-19-13-5-3-4-6-14(13)26(24,25)20-15/h2-6,12H,1,7-11H2,(H,18,23)(H,19,20). The van der Waals surface area contributed by atoms with E-state index in [0.717, 1.165) is 0 Å². The highest BCUT2D eigenvalue weighted by molar-refractivity contribution is 7.90. The second-order valence-corrected chi connectivity index (χ2v) is 7.73. The molecular formula is C17H20N4O4S. The van der Waals surface area contributed by atoms with Crippen LogP contribution >= 0.6 is 0 Å². The maximum absolute atomic E-state index is 12.3. The summed E-state index contributed by atoms with van der Waals surface area (Å²) in [5, 5.41) is 5.66. The summed E-state index contributed by atoms with van der Waals surface area (Å²) < 4.78 is 28.1. The number of likely N-dealkylation sites (tertiary alicyclic amines) is 1. The average molecular weight is 376 g/mol. The van der Waals surface area contributed by atoms with Gasteiger partial charge in [0.15, 0.2) is 0 Å². The second kappa shape index (κ2) is 7.28. The van der Waals surface area contributed by atoms with E-state index in [1.165, 1.54) is 12.1 Å². The zero-order valence-electron chi connectivity index (χ0n) is 14.1. The number of carbonyl (C=O) groups excluding carboxylic acids is 2. The van der Waals surface area contributed by atoms with Crippen LogP contribution in [0.4, 0.5) is 5.69 Å². The third-order valence-corrected chi connectivity index (χ3v) is 5.83. The van der Waals surface area contributed by atoms with Crippen molar-refractivity contribution in [3.8, 4) is 0 Å². The van der Waals surface area contributed by atoms with Crippen LogP contribution in [-0.2, 0) is 19.6 Å². The molecule has 2 aliphatic heterocycles. The van der Waals surface area contributed by atoms with Crippen molar-refractivity contribution in [3.05, 3.63) is 36.9 Å². The Morgan fingerprint density at radius 1 is 1.31 bits per heavy atom. The first-order chi connectivity index (χ1) is 12.4. The fraction of sp³-hybridized carbons (Fsp3) is 0.353. The summed E-state index contributed by atoms with van der Waals surface area (Å²) in [5.74, 6) is -0.335. The molecule has 0 aliphatic carbocycles. The van der Waals surface area contributed by atoms with E-state index in [0.29, 0.717) is 31.6 Å². The number of nitrogens with one attached hydrogen (secondary N) is 2. The second-order valence-electron chi connectivity index (χ2n) is 6.16. The number of piperidine rings is 1. The minimum atomic E-state index is -3.76. The molecule has 0 radical (unpaired) electrons. The van der Waals surface area contributed by atoms with Crippen LogP contribution in [0.15, 0.2) is 46.2 Å². The van der Waals surface area contributed by atoms with Crippen LogP contribution in [0.5, 0.6) is 0 Å². The molecular weight excluding hydrogens is 356 g/mol. The Morgan fingerprint density at radius 2 is 2.00 bits per heavy atom. The van der Waals surface area contributed by atoms with Gasteiger partial charge in [-0.05, 0) is 31.1 Å². The number of rotatable bonds is 4. The monoisotopic (exact) mass is 376 g/mol. The number of hydrogen-bond acceptors (Lipinski definition) is 5. The summed E-state index contributed by atoms with van der Waals surface area (Å²) in [7, 11) is -3.76. The SMILES string of the molecule is C=CC(=O)N1CCC(C(=O)NCC2=NS(=O)(=O)c3ccccc3N2)CC1. The summed E-state index contributed by atoms with van der Waals surface area (Å²) in [4.78, 5) is 25.7. The third kappa shape index (κ3) is 3.77. The molecule has 1 fully saturated rings. The first-order valence-electron chi connectivity index (χ1n) is 8.29. The smallest absolute Gasteiger partial charge is 0.286 e. The number of hydrogen-bond donors (Lipinski definition) is 2. The van der Waals surface area contributed by atoms with Crippen LogP contribution in [0.3, 0.4) is 0 Å². The molecule has 2 heterocycles. The lowest BCUT2D eigenvalue weighted by molar-refractivity contribution is -0.132. The van der Waals surface area contributed by atoms with E-state index in [9.17, 15) is 18.0 Å². The van der Waals surface area contributed by atoms with Gasteiger partial charge in [0.25, 0.3) is 10.0 Å². The Balaban J connectivity index is 1.57. The minimum Gasteiger partial charge on any atom is -0.349 e. The number of fused-ring (bicyclic) bond motifs is 1. The average Bonchev–Trinajstić information content (AvgIpc) is 2.65. The van der Waals surface area contributed by atoms with Gasteiger partial charge in [0.1, 0.15) is 10.7 Å². The number of amides is 2. The summed E-state index contributed by atoms with van der Waals surface area (Å²) in [6.07, 6.45) is 2.39. The van der Waals surface area contributed by atoms with E-state index < -0.39 is 10.0 Å². The first kappa shape index (κ1) is 18.1. The number of sulfonamides is 1. The number of carbonyl (C=O) groups is 2. The molecule has 0 bridgehead atoms. The molecule has 3 rings (SSSR count). The zero-order valence-corrected chi connectivity index (χ0v) is 15.0. The van der Waals surface area contributed by atoms with Gasteiger partial charge in [-0.2, -0.15) is 8.42 Å². The minimum absolute atomic E-state index is 0.00179. The molecule has 0 spiro atoms. The fourth-order valence-corrected chi connectivity index (χ4v) is 4.20. The van der Waals surface area contributed by atoms with Crippen molar-refractivity contribution in [1.29, 1.82) is 0 Å². The predicted octanol–water partition coefficient (Wildman–Crippen LogP) is 0.740. The van der Waals surface area contributed by atoms with Crippen molar-refractivity contribution in [2.45, 2.75) is 17.7 Å². The van der Waals surface area contributed by atoms with Gasteiger partial charge >= 0.3 is 0 Å². The van der Waals surface area contributed by atoms with E-state index in [1.54, 1.807) is 23.1 Å². The lowest BCUT2D eigenvalue weighted by Gasteiger charge is -2.30. The molecule has 8 nitrogen and oxygen atoms in total. The van der Waals surface area contributed by atoms with Crippen LogP contribution in [0, 0.1) is 5.92 Å². The van der Waals surface area contributed by atoms with Crippen molar-refractivity contribution >= 4 is 33.4 Å². The van der Waals surface area contributed by atoms with Gasteiger partial charge in [0, 0.05) is 19.0 Å². The van der Waals surface area contributed by atoms with Gasteiger partial charge in [-0.25, -0.2) is 0 Å². The predicted molar refractivity (Wildman–Crippen MR) is 97.2 cm³/mol. The number of amidine groups is 1. The van der Waals surface area contributed by atoms with E-state index in [4.69, 9.17) is 0 Å². The maximum Gasteiger partial charge on any atom is 0.286 e. The molecule has 1 aromatic carbocycles. The van der Waals surface area contributed by atoms with Gasteiger partial charge in [0.2, 0.25) is 11.8 Å². The Morgan fingerprint density at radius 3 is 2.69 bits per heavy atom. The van der Waals surface area contributed by atoms with E-state index in [2.05, 4.69) is 21.6 Å². The molecule has 2 aliphatic rings. The highest BCUT2D eigenvalue weighted by atomic mass is 32.2. The number of benzene rings is 1. The number of nitrogens with zero attached hydrogens (tertiary/aromatic N) is 2. The van der Waals surface area contributed by atoms with Crippen molar-refractivity contribution in [1.82, 2.24) is 10.2 Å². The number of anilines is 1. The van der Waals surface area contributed by atoms with Crippen LogP contribution in [0.25, 0.3) is 0 Å². The lowest BCUT2D eigenvalue weighted by Crippen LogP contribution is -2.44. The summed E-state index contributed by atoms with van der Waals surface area (Å²) >= 11 is 0. The van der Waals surface area contributed by atoms with E-state index in [-0.39, 0.29) is 35.0 Å². The van der Waals surface area contributed by atoms with Crippen LogP contribution in [-0.4, -0.2) is 50.6 Å². The highest BCUT2D eigenvalue weighted by Gasteiger charge is 2.28. The molecule has 1 aromatic rings. The Hall–Kier alpha value is -2.68. The quantitative estimate of drug-likeness (QED) is 0.754. The van der Waals surface area contributed by atoms with Crippen LogP contribution in [0.2, 0.25) is 0 Å². The Kier molecular flexibility index (Phi) is 5.08. The molecule has 2 N–H and O–H groups in total. The molecule has 138 valence electrons. The zero-order chi connectivity index (χ0) is 18.7. The molecule has 0 unspecified atom stereocenters. The van der Waals surface area contributed by atoms with Crippen molar-refractivity contribution < 1.29 is 18.0 Å². The Bertz CT molecular complexity index is 871. The lowest BCUT2D eigenvalue weighted by atomic mass is 9.96. The molecule has 0 saturated carbocycles. The van der Waals surface area contributed by atoms with Crippen LogP contribution in [0.1, 0.15) is 12.8 Å². The fourth-order valence-electron chi connectivity index (χ4n) is 3.05. The van der Waals surface area contributed by atoms with Gasteiger partial charge in [-0.1, -0.05) is 18.7 Å². The largest absolute Gasteiger partial charge is 0.349 e. The first-order valence-corrected chi connectivity index (χ1v) is 9.73. The topological polar surface area (TPSA) is 108 Å². The van der Waals surface area contributed by atoms with E-state index >= 15 is 0 Å². The summed E-state index contributed by atoms with van der Waals surface area (Å²) in [6.45, 7) is 4.47. The van der Waals surface area contributed by atoms with Gasteiger partial charge in [0.05, 0.1) is 12.2 Å². The maximum atomic E-state index is 12.3. The third-order valence-electron chi connectivity index (χ3n) is 4.46. The molecule has 2 amide bonds. The van der Waals surface area contributed by atoms with Crippen LogP contribution < -0.4 is 10.6 Å². The van der Waals surface area contributed by atoms with Gasteiger partial charge < -0.3 is 15.5 Å². The van der Waals surface area contributed by atoms with Gasteiger partial charge in [-0.3, -0.25) is 9.59 Å². The molecule has 9 heteroatoms. The normalized spacial score (nSPS) is 18.9. The highest BCUT2D eigenvalue weighted by Crippen LogP contribution is 2.26. The van der Waals surface area contributed by atoms with Crippen molar-refractivity contribution in [2.75, 3.05) is 25.0 Å². The summed E-state index contributed by atoms with van der Waals surface area (Å²) in [6, 6.07) is 6.48. The molecule has 1 saturated heterocycles. The van der Waals surface area contributed by atoms with Gasteiger partial charge in [-0.15, -0.1) is 4.40 Å². The molecule has 26 heavy (non-hydrogen) atoms. The summed E-state index contributed by atoms with van der Waals surface area (Å²) in [5.41, 5.74) is 0.447.